The predicted octanol–water partition coefficient (Wildman–Crippen LogP) is 6.55. The number of benzene rings is 3. The monoisotopic (exact) mass is 505 g/mol. The molecule has 0 radical (unpaired) electrons. The Morgan fingerprint density at radius 2 is 1.56 bits per heavy atom. The van der Waals surface area contributed by atoms with E-state index in [4.69, 9.17) is 28.3 Å². The van der Waals surface area contributed by atoms with Gasteiger partial charge in [-0.05, 0) is 42.0 Å². The average molecular weight is 506 g/mol. The standard InChI is InChI=1S/C25H17Cl2N5OS/c26-18-10-6-16(7-11-18)14-22(33)28-25-30-29-24(34-25)21-15-32(20-4-2-1-3-5-20)31-23(21)17-8-12-19(27)13-9-17/h1-13,15H,14H2,(H,28,30,33). The van der Waals surface area contributed by atoms with Crippen LogP contribution in [0.3, 0.4) is 0 Å². The Balaban J connectivity index is 1.44. The number of aromatic nitrogens is 4. The Morgan fingerprint density at radius 1 is 0.882 bits per heavy atom. The first kappa shape index (κ1) is 22.3. The van der Waals surface area contributed by atoms with Crippen LogP contribution in [-0.2, 0) is 11.2 Å². The van der Waals surface area contributed by atoms with Gasteiger partial charge in [-0.1, -0.05) is 77.0 Å². The second kappa shape index (κ2) is 9.77. The third kappa shape index (κ3) is 5.02. The summed E-state index contributed by atoms with van der Waals surface area (Å²) in [5.74, 6) is -0.178. The number of para-hydroxylation sites is 1. The minimum absolute atomic E-state index is 0.178. The Labute approximate surface area is 209 Å². The molecule has 9 heteroatoms. The fourth-order valence-electron chi connectivity index (χ4n) is 3.40. The summed E-state index contributed by atoms with van der Waals surface area (Å²) in [6.45, 7) is 0. The summed E-state index contributed by atoms with van der Waals surface area (Å²) >= 11 is 13.3. The Kier molecular flexibility index (Phi) is 6.40. The highest BCUT2D eigenvalue weighted by atomic mass is 35.5. The number of anilines is 1. The van der Waals surface area contributed by atoms with Crippen LogP contribution in [0.25, 0.3) is 27.5 Å². The number of nitrogens with one attached hydrogen (secondary N) is 1. The molecule has 0 aliphatic heterocycles. The molecule has 34 heavy (non-hydrogen) atoms. The van der Waals surface area contributed by atoms with Crippen molar-refractivity contribution in [1.29, 1.82) is 0 Å². The number of carbonyl (C=O) groups is 1. The van der Waals surface area contributed by atoms with Crippen LogP contribution < -0.4 is 5.32 Å². The van der Waals surface area contributed by atoms with E-state index in [9.17, 15) is 4.79 Å². The third-order valence-electron chi connectivity index (χ3n) is 5.03. The second-order valence-corrected chi connectivity index (χ2v) is 9.29. The van der Waals surface area contributed by atoms with Crippen LogP contribution in [0.15, 0.2) is 85.1 Å². The van der Waals surface area contributed by atoms with Gasteiger partial charge in [-0.3, -0.25) is 4.79 Å². The fourth-order valence-corrected chi connectivity index (χ4v) is 4.42. The molecule has 0 unspecified atom stereocenters. The van der Waals surface area contributed by atoms with Crippen LogP contribution in [0.5, 0.6) is 0 Å². The van der Waals surface area contributed by atoms with Crippen molar-refractivity contribution in [2.45, 2.75) is 6.42 Å². The molecule has 5 rings (SSSR count). The first-order valence-corrected chi connectivity index (χ1v) is 11.9. The van der Waals surface area contributed by atoms with Gasteiger partial charge in [0.2, 0.25) is 11.0 Å². The van der Waals surface area contributed by atoms with Gasteiger partial charge in [-0.15, -0.1) is 10.2 Å². The average Bonchev–Trinajstić information content (AvgIpc) is 3.49. The number of amides is 1. The first-order chi connectivity index (χ1) is 16.5. The largest absolute Gasteiger partial charge is 0.300 e. The molecule has 0 aliphatic carbocycles. The minimum Gasteiger partial charge on any atom is -0.300 e. The molecule has 0 spiro atoms. The van der Waals surface area contributed by atoms with Crippen molar-refractivity contribution in [3.05, 3.63) is 101 Å². The molecule has 1 N–H and O–H groups in total. The summed E-state index contributed by atoms with van der Waals surface area (Å²) in [6, 6.07) is 24.5. The van der Waals surface area contributed by atoms with Crippen LogP contribution in [-0.4, -0.2) is 25.9 Å². The van der Waals surface area contributed by atoms with Gasteiger partial charge in [0.25, 0.3) is 0 Å². The molecule has 0 saturated heterocycles. The van der Waals surface area contributed by atoms with Gasteiger partial charge in [0.15, 0.2) is 5.01 Å². The lowest BCUT2D eigenvalue weighted by Gasteiger charge is -2.01. The van der Waals surface area contributed by atoms with Crippen LogP contribution >= 0.6 is 34.5 Å². The fraction of sp³-hybridized carbons (Fsp3) is 0.0400. The molecule has 2 aromatic heterocycles. The van der Waals surface area contributed by atoms with Crippen molar-refractivity contribution in [3.63, 3.8) is 0 Å². The zero-order valence-corrected chi connectivity index (χ0v) is 20.0. The topological polar surface area (TPSA) is 72.7 Å². The number of rotatable bonds is 6. The van der Waals surface area contributed by atoms with Crippen molar-refractivity contribution < 1.29 is 4.79 Å². The van der Waals surface area contributed by atoms with E-state index < -0.39 is 0 Å². The second-order valence-electron chi connectivity index (χ2n) is 7.44. The smallest absolute Gasteiger partial charge is 0.230 e. The molecule has 0 aliphatic rings. The lowest BCUT2D eigenvalue weighted by molar-refractivity contribution is -0.115. The van der Waals surface area contributed by atoms with Gasteiger partial charge in [-0.2, -0.15) is 5.10 Å². The highest BCUT2D eigenvalue weighted by Crippen LogP contribution is 2.35. The van der Waals surface area contributed by atoms with Crippen molar-refractivity contribution in [3.8, 4) is 27.5 Å². The first-order valence-electron chi connectivity index (χ1n) is 10.3. The molecule has 0 fully saturated rings. The number of carbonyl (C=O) groups excluding carboxylic acids is 1. The number of hydrogen-bond donors (Lipinski definition) is 1. The van der Waals surface area contributed by atoms with Crippen molar-refractivity contribution >= 4 is 45.6 Å². The van der Waals surface area contributed by atoms with Crippen LogP contribution in [0.4, 0.5) is 5.13 Å². The normalized spacial score (nSPS) is 10.9. The van der Waals surface area contributed by atoms with Gasteiger partial charge in [0.1, 0.15) is 5.69 Å². The summed E-state index contributed by atoms with van der Waals surface area (Å²) in [5, 5.41) is 18.5. The zero-order valence-electron chi connectivity index (χ0n) is 17.7. The number of halogens is 2. The molecule has 0 saturated carbocycles. The van der Waals surface area contributed by atoms with Crippen molar-refractivity contribution in [2.75, 3.05) is 5.32 Å². The van der Waals surface area contributed by atoms with E-state index in [1.165, 1.54) is 11.3 Å². The third-order valence-corrected chi connectivity index (χ3v) is 6.41. The van der Waals surface area contributed by atoms with E-state index in [0.717, 1.165) is 28.1 Å². The summed E-state index contributed by atoms with van der Waals surface area (Å²) in [6.07, 6.45) is 2.13. The highest BCUT2D eigenvalue weighted by Gasteiger charge is 2.19. The Hall–Kier alpha value is -3.52. The molecule has 0 atom stereocenters. The van der Waals surface area contributed by atoms with Gasteiger partial charge in [-0.25, -0.2) is 4.68 Å². The van der Waals surface area contributed by atoms with E-state index in [1.54, 1.807) is 16.8 Å². The van der Waals surface area contributed by atoms with Crippen molar-refractivity contribution in [1.82, 2.24) is 20.0 Å². The molecule has 6 nitrogen and oxygen atoms in total. The highest BCUT2D eigenvalue weighted by molar-refractivity contribution is 7.18. The number of nitrogens with zero attached hydrogens (tertiary/aromatic N) is 4. The van der Waals surface area contributed by atoms with E-state index >= 15 is 0 Å². The van der Waals surface area contributed by atoms with Gasteiger partial charge in [0, 0.05) is 21.8 Å². The SMILES string of the molecule is O=C(Cc1ccc(Cl)cc1)Nc1nnc(-c2cn(-c3ccccc3)nc2-c2ccc(Cl)cc2)s1. The molecule has 3 aromatic carbocycles. The maximum Gasteiger partial charge on any atom is 0.230 e. The van der Waals surface area contributed by atoms with E-state index in [0.29, 0.717) is 20.2 Å². The summed E-state index contributed by atoms with van der Waals surface area (Å²) in [5.41, 5.74) is 4.24. The lowest BCUT2D eigenvalue weighted by atomic mass is 10.1. The summed E-state index contributed by atoms with van der Waals surface area (Å²) < 4.78 is 1.81. The Bertz CT molecular complexity index is 1430. The molecular formula is C25H17Cl2N5OS. The molecular weight excluding hydrogens is 489 g/mol. The van der Waals surface area contributed by atoms with E-state index in [2.05, 4.69) is 15.5 Å². The zero-order chi connectivity index (χ0) is 23.5. The molecule has 1 amide bonds. The maximum atomic E-state index is 12.5. The van der Waals surface area contributed by atoms with Crippen molar-refractivity contribution in [2.24, 2.45) is 0 Å². The van der Waals surface area contributed by atoms with Gasteiger partial charge >= 0.3 is 0 Å². The van der Waals surface area contributed by atoms with Crippen LogP contribution in [0.2, 0.25) is 10.0 Å². The molecule has 168 valence electrons. The maximum absolute atomic E-state index is 12.5. The van der Waals surface area contributed by atoms with Crippen LogP contribution in [0.1, 0.15) is 5.56 Å². The van der Waals surface area contributed by atoms with Crippen LogP contribution in [0, 0.1) is 0 Å². The van der Waals surface area contributed by atoms with E-state index in [-0.39, 0.29) is 12.3 Å². The predicted molar refractivity (Wildman–Crippen MR) is 137 cm³/mol. The minimum atomic E-state index is -0.178. The Morgan fingerprint density at radius 3 is 2.26 bits per heavy atom. The summed E-state index contributed by atoms with van der Waals surface area (Å²) in [4.78, 5) is 12.5. The van der Waals surface area contributed by atoms with Gasteiger partial charge in [0.05, 0.1) is 17.7 Å². The lowest BCUT2D eigenvalue weighted by Crippen LogP contribution is -2.14. The molecule has 2 heterocycles. The summed E-state index contributed by atoms with van der Waals surface area (Å²) in [7, 11) is 0. The molecule has 0 bridgehead atoms. The quantitative estimate of drug-likeness (QED) is 0.284. The number of hydrogen-bond acceptors (Lipinski definition) is 5. The van der Waals surface area contributed by atoms with E-state index in [1.807, 2.05) is 72.9 Å². The van der Waals surface area contributed by atoms with Gasteiger partial charge < -0.3 is 5.32 Å². The molecule has 5 aromatic rings.